The number of nitro groups is 1. The van der Waals surface area contributed by atoms with Gasteiger partial charge in [0.25, 0.3) is 5.69 Å². The number of ether oxygens (including phenoxy) is 1. The highest BCUT2D eigenvalue weighted by atomic mass is 35.5. The monoisotopic (exact) mass is 399 g/mol. The second kappa shape index (κ2) is 7.72. The molecule has 0 aliphatic rings. The molecule has 0 aliphatic heterocycles. The van der Waals surface area contributed by atoms with E-state index >= 15 is 0 Å². The third-order valence-corrected chi connectivity index (χ3v) is 3.96. The molecule has 0 heterocycles. The van der Waals surface area contributed by atoms with E-state index in [1.54, 1.807) is 25.1 Å². The summed E-state index contributed by atoms with van der Waals surface area (Å²) in [7, 11) is 3.43. The molecule has 10 heteroatoms. The van der Waals surface area contributed by atoms with Crippen molar-refractivity contribution in [1.82, 2.24) is 0 Å². The number of benzene rings is 2. The Morgan fingerprint density at radius 1 is 1.26 bits per heavy atom. The van der Waals surface area contributed by atoms with Crippen LogP contribution in [0.15, 0.2) is 30.3 Å². The number of hydrogen-bond acceptors (Lipinski definition) is 5. The molecule has 0 aliphatic carbocycles. The van der Waals surface area contributed by atoms with Gasteiger partial charge in [0.1, 0.15) is 11.8 Å². The Balaban J connectivity index is 2.71. The summed E-state index contributed by atoms with van der Waals surface area (Å²) in [5.74, 6) is -0.163. The normalized spacial score (nSPS) is 11.0. The minimum atomic E-state index is -4.57. The van der Waals surface area contributed by atoms with Crippen LogP contribution in [-0.2, 0) is 0 Å². The van der Waals surface area contributed by atoms with Crippen LogP contribution in [0.5, 0.6) is 5.75 Å². The Bertz CT molecular complexity index is 924. The minimum absolute atomic E-state index is 0.0308. The molecule has 0 aromatic heterocycles. The molecule has 2 aromatic carbocycles. The molecule has 0 spiro atoms. The zero-order valence-electron chi connectivity index (χ0n) is 14.2. The Morgan fingerprint density at radius 3 is 2.44 bits per heavy atom. The van der Waals surface area contributed by atoms with E-state index < -0.39 is 23.4 Å². The molecule has 0 N–H and O–H groups in total. The van der Waals surface area contributed by atoms with E-state index in [1.165, 1.54) is 18.2 Å². The Labute approximate surface area is 157 Å². The van der Waals surface area contributed by atoms with Gasteiger partial charge < -0.3 is 9.64 Å². The lowest BCUT2D eigenvalue weighted by Crippen LogP contribution is -2.19. The SMILES string of the molecule is CN(C)c1ccc(OCC(F)(F)F)c(-c2cc([N+](=O)[O-])cc(C#N)c2Cl)c1. The molecule has 2 aromatic rings. The first kappa shape index (κ1) is 20.3. The van der Waals surface area contributed by atoms with Gasteiger partial charge in [-0.25, -0.2) is 0 Å². The fourth-order valence-corrected chi connectivity index (χ4v) is 2.54. The summed E-state index contributed by atoms with van der Waals surface area (Å²) < 4.78 is 42.5. The Kier molecular flexibility index (Phi) is 5.81. The maximum absolute atomic E-state index is 12.6. The van der Waals surface area contributed by atoms with Gasteiger partial charge in [0.15, 0.2) is 6.61 Å². The molecule has 0 radical (unpaired) electrons. The lowest BCUT2D eigenvalue weighted by molar-refractivity contribution is -0.384. The van der Waals surface area contributed by atoms with E-state index in [0.29, 0.717) is 5.69 Å². The minimum Gasteiger partial charge on any atom is -0.483 e. The van der Waals surface area contributed by atoms with E-state index in [-0.39, 0.29) is 27.5 Å². The molecule has 0 atom stereocenters. The third-order valence-electron chi connectivity index (χ3n) is 3.55. The zero-order valence-corrected chi connectivity index (χ0v) is 14.9. The second-order valence-corrected chi connectivity index (χ2v) is 6.08. The van der Waals surface area contributed by atoms with E-state index in [2.05, 4.69) is 0 Å². The molecule has 0 bridgehead atoms. The second-order valence-electron chi connectivity index (χ2n) is 5.70. The quantitative estimate of drug-likeness (QED) is 0.533. The van der Waals surface area contributed by atoms with Gasteiger partial charge in [0.05, 0.1) is 15.5 Å². The smallest absolute Gasteiger partial charge is 0.422 e. The molecular formula is C17H13ClF3N3O3. The predicted molar refractivity (Wildman–Crippen MR) is 94.1 cm³/mol. The van der Waals surface area contributed by atoms with Crippen LogP contribution in [0.2, 0.25) is 5.02 Å². The molecule has 142 valence electrons. The molecule has 0 fully saturated rings. The summed E-state index contributed by atoms with van der Waals surface area (Å²) >= 11 is 6.18. The van der Waals surface area contributed by atoms with Gasteiger partial charge in [-0.15, -0.1) is 0 Å². The van der Waals surface area contributed by atoms with Crippen molar-refractivity contribution in [3.05, 3.63) is 51.0 Å². The summed E-state index contributed by atoms with van der Waals surface area (Å²) in [6.07, 6.45) is -4.57. The van der Waals surface area contributed by atoms with Crippen molar-refractivity contribution < 1.29 is 22.8 Å². The summed E-state index contributed by atoms with van der Waals surface area (Å²) in [5.41, 5.74) is 0.158. The number of non-ortho nitro benzene ring substituents is 1. The van der Waals surface area contributed by atoms with E-state index in [1.807, 2.05) is 0 Å². The fraction of sp³-hybridized carbons (Fsp3) is 0.235. The molecule has 0 saturated heterocycles. The van der Waals surface area contributed by atoms with Crippen LogP contribution in [0, 0.1) is 21.4 Å². The molecule has 0 amide bonds. The number of hydrogen-bond donors (Lipinski definition) is 0. The predicted octanol–water partition coefficient (Wildman–Crippen LogP) is 4.79. The van der Waals surface area contributed by atoms with Crippen molar-refractivity contribution in [3.8, 4) is 22.9 Å². The fourth-order valence-electron chi connectivity index (χ4n) is 2.28. The van der Waals surface area contributed by atoms with Gasteiger partial charge >= 0.3 is 6.18 Å². The molecule has 0 unspecified atom stereocenters. The van der Waals surface area contributed by atoms with Crippen LogP contribution in [0.3, 0.4) is 0 Å². The molecular weight excluding hydrogens is 387 g/mol. The lowest BCUT2D eigenvalue weighted by Gasteiger charge is -2.19. The van der Waals surface area contributed by atoms with Crippen molar-refractivity contribution in [1.29, 1.82) is 5.26 Å². The van der Waals surface area contributed by atoms with E-state index in [0.717, 1.165) is 12.1 Å². The number of anilines is 1. The van der Waals surface area contributed by atoms with Crippen LogP contribution >= 0.6 is 11.6 Å². The van der Waals surface area contributed by atoms with Crippen molar-refractivity contribution in [2.75, 3.05) is 25.6 Å². The highest BCUT2D eigenvalue weighted by Gasteiger charge is 2.29. The van der Waals surface area contributed by atoms with E-state index in [9.17, 15) is 28.5 Å². The molecule has 6 nitrogen and oxygen atoms in total. The van der Waals surface area contributed by atoms with Gasteiger partial charge in [-0.1, -0.05) is 11.6 Å². The van der Waals surface area contributed by atoms with Crippen LogP contribution in [0.1, 0.15) is 5.56 Å². The van der Waals surface area contributed by atoms with Crippen molar-refractivity contribution in [2.45, 2.75) is 6.18 Å². The highest BCUT2D eigenvalue weighted by Crippen LogP contribution is 2.41. The largest absolute Gasteiger partial charge is 0.483 e. The first-order valence-corrected chi connectivity index (χ1v) is 7.80. The van der Waals surface area contributed by atoms with Gasteiger partial charge in [0, 0.05) is 43.0 Å². The third kappa shape index (κ3) is 4.80. The van der Waals surface area contributed by atoms with Crippen molar-refractivity contribution in [2.24, 2.45) is 0 Å². The molecule has 27 heavy (non-hydrogen) atoms. The number of halogens is 4. The van der Waals surface area contributed by atoms with Crippen LogP contribution < -0.4 is 9.64 Å². The maximum atomic E-state index is 12.6. The molecule has 0 saturated carbocycles. The van der Waals surface area contributed by atoms with Crippen LogP contribution in [-0.4, -0.2) is 31.8 Å². The summed E-state index contributed by atoms with van der Waals surface area (Å²) in [6.45, 7) is -1.54. The van der Waals surface area contributed by atoms with Crippen LogP contribution in [0.25, 0.3) is 11.1 Å². The van der Waals surface area contributed by atoms with Crippen molar-refractivity contribution >= 4 is 23.0 Å². The number of nitriles is 1. The van der Waals surface area contributed by atoms with Gasteiger partial charge in [-0.3, -0.25) is 10.1 Å². The average molecular weight is 400 g/mol. The summed E-state index contributed by atoms with van der Waals surface area (Å²) in [5, 5.41) is 20.2. The number of nitro benzene ring substituents is 1. The average Bonchev–Trinajstić information content (AvgIpc) is 2.59. The zero-order chi connectivity index (χ0) is 20.4. The standard InChI is InChI=1S/C17H13ClF3N3O3/c1-23(2)11-3-4-15(27-9-17(19,20)21)13(6-11)14-7-12(24(25)26)5-10(8-22)16(14)18/h3-7H,9H2,1-2H3. The first-order valence-electron chi connectivity index (χ1n) is 7.43. The topological polar surface area (TPSA) is 79.4 Å². The summed E-state index contributed by atoms with van der Waals surface area (Å²) in [4.78, 5) is 12.1. The van der Waals surface area contributed by atoms with Crippen molar-refractivity contribution in [3.63, 3.8) is 0 Å². The van der Waals surface area contributed by atoms with Crippen LogP contribution in [0.4, 0.5) is 24.5 Å². The van der Waals surface area contributed by atoms with Gasteiger partial charge in [-0.05, 0) is 18.2 Å². The maximum Gasteiger partial charge on any atom is 0.422 e. The Morgan fingerprint density at radius 2 is 1.93 bits per heavy atom. The number of rotatable bonds is 5. The molecule has 2 rings (SSSR count). The van der Waals surface area contributed by atoms with Gasteiger partial charge in [0.2, 0.25) is 0 Å². The van der Waals surface area contributed by atoms with E-state index in [4.69, 9.17) is 16.3 Å². The lowest BCUT2D eigenvalue weighted by atomic mass is 10.00. The highest BCUT2D eigenvalue weighted by molar-refractivity contribution is 6.34. The number of nitrogens with zero attached hydrogens (tertiary/aromatic N) is 3. The first-order chi connectivity index (χ1) is 12.5. The number of alkyl halides is 3. The van der Waals surface area contributed by atoms with Gasteiger partial charge in [-0.2, -0.15) is 18.4 Å². The Hall–Kier alpha value is -2.99. The summed E-state index contributed by atoms with van der Waals surface area (Å²) in [6, 6.07) is 8.17.